The lowest BCUT2D eigenvalue weighted by Crippen LogP contribution is -2.37. The van der Waals surface area contributed by atoms with Crippen LogP contribution in [0.5, 0.6) is 5.75 Å². The summed E-state index contributed by atoms with van der Waals surface area (Å²) in [5.41, 5.74) is 1.02. The van der Waals surface area contributed by atoms with E-state index in [4.69, 9.17) is 25.8 Å². The average Bonchev–Trinajstić information content (AvgIpc) is 2.57. The van der Waals surface area contributed by atoms with Crippen molar-refractivity contribution in [3.63, 3.8) is 0 Å². The third kappa shape index (κ3) is 8.06. The molecule has 0 atom stereocenters. The summed E-state index contributed by atoms with van der Waals surface area (Å²) in [6, 6.07) is 5.58. The van der Waals surface area contributed by atoms with E-state index in [0.717, 1.165) is 30.2 Å². The van der Waals surface area contributed by atoms with Gasteiger partial charge in [0.1, 0.15) is 5.75 Å². The minimum atomic E-state index is 0.602. The first-order valence-electron chi connectivity index (χ1n) is 7.55. The molecular formula is C16H26ClN3O3. The number of guanidine groups is 1. The van der Waals surface area contributed by atoms with Crippen molar-refractivity contribution in [3.8, 4) is 5.75 Å². The van der Waals surface area contributed by atoms with Crippen molar-refractivity contribution < 1.29 is 14.2 Å². The van der Waals surface area contributed by atoms with Crippen molar-refractivity contribution >= 4 is 17.6 Å². The fourth-order valence-electron chi connectivity index (χ4n) is 1.89. The number of halogens is 1. The van der Waals surface area contributed by atoms with Crippen LogP contribution in [0.1, 0.15) is 12.0 Å². The number of methoxy groups -OCH3 is 2. The van der Waals surface area contributed by atoms with E-state index < -0.39 is 0 Å². The van der Waals surface area contributed by atoms with E-state index in [-0.39, 0.29) is 0 Å². The molecule has 23 heavy (non-hydrogen) atoms. The summed E-state index contributed by atoms with van der Waals surface area (Å²) < 4.78 is 15.6. The SMILES string of the molecule is CN=C(NCCCOCCOC)NCc1ccc(Cl)cc1OC. The Balaban J connectivity index is 2.29. The van der Waals surface area contributed by atoms with Crippen molar-refractivity contribution in [2.24, 2.45) is 4.99 Å². The van der Waals surface area contributed by atoms with Crippen molar-refractivity contribution in [3.05, 3.63) is 28.8 Å². The molecule has 1 aromatic rings. The highest BCUT2D eigenvalue weighted by Crippen LogP contribution is 2.22. The van der Waals surface area contributed by atoms with Gasteiger partial charge in [-0.25, -0.2) is 0 Å². The van der Waals surface area contributed by atoms with E-state index in [0.29, 0.717) is 31.4 Å². The molecule has 0 aliphatic rings. The second-order valence-electron chi connectivity index (χ2n) is 4.77. The fraction of sp³-hybridized carbons (Fsp3) is 0.562. The molecule has 0 aliphatic carbocycles. The smallest absolute Gasteiger partial charge is 0.191 e. The van der Waals surface area contributed by atoms with E-state index in [1.165, 1.54) is 0 Å². The first kappa shape index (κ1) is 19.5. The zero-order valence-electron chi connectivity index (χ0n) is 14.0. The van der Waals surface area contributed by atoms with Gasteiger partial charge in [-0.05, 0) is 18.6 Å². The van der Waals surface area contributed by atoms with Crippen LogP contribution in [0.4, 0.5) is 0 Å². The van der Waals surface area contributed by atoms with Gasteiger partial charge in [-0.3, -0.25) is 4.99 Å². The maximum atomic E-state index is 5.96. The van der Waals surface area contributed by atoms with E-state index >= 15 is 0 Å². The van der Waals surface area contributed by atoms with Gasteiger partial charge in [0.15, 0.2) is 5.96 Å². The minimum Gasteiger partial charge on any atom is -0.496 e. The zero-order chi connectivity index (χ0) is 16.9. The molecule has 0 saturated carbocycles. The Bertz CT molecular complexity index is 484. The number of rotatable bonds is 10. The quantitative estimate of drug-likeness (QED) is 0.387. The molecule has 0 aliphatic heterocycles. The molecule has 0 bridgehead atoms. The molecule has 0 amide bonds. The summed E-state index contributed by atoms with van der Waals surface area (Å²) in [7, 11) is 5.03. The molecule has 6 nitrogen and oxygen atoms in total. The number of nitrogens with one attached hydrogen (secondary N) is 2. The molecule has 7 heteroatoms. The Hall–Kier alpha value is -1.50. The summed E-state index contributed by atoms with van der Waals surface area (Å²) in [5.74, 6) is 1.49. The molecule has 0 fully saturated rings. The van der Waals surface area contributed by atoms with Crippen LogP contribution in [-0.2, 0) is 16.0 Å². The number of hydrogen-bond donors (Lipinski definition) is 2. The zero-order valence-corrected chi connectivity index (χ0v) is 14.8. The molecule has 1 aromatic carbocycles. The van der Waals surface area contributed by atoms with Gasteiger partial charge in [-0.15, -0.1) is 0 Å². The highest BCUT2D eigenvalue weighted by atomic mass is 35.5. The second-order valence-corrected chi connectivity index (χ2v) is 5.20. The molecular weight excluding hydrogens is 318 g/mol. The molecule has 2 N–H and O–H groups in total. The van der Waals surface area contributed by atoms with Crippen LogP contribution in [0.2, 0.25) is 5.02 Å². The lowest BCUT2D eigenvalue weighted by atomic mass is 10.2. The number of nitrogens with zero attached hydrogens (tertiary/aromatic N) is 1. The topological polar surface area (TPSA) is 64.1 Å². The molecule has 0 saturated heterocycles. The minimum absolute atomic E-state index is 0.602. The van der Waals surface area contributed by atoms with Crippen LogP contribution < -0.4 is 15.4 Å². The highest BCUT2D eigenvalue weighted by molar-refractivity contribution is 6.30. The summed E-state index contributed by atoms with van der Waals surface area (Å²) in [4.78, 5) is 4.19. The molecule has 0 heterocycles. The number of hydrogen-bond acceptors (Lipinski definition) is 4. The van der Waals surface area contributed by atoms with Crippen LogP contribution in [0.25, 0.3) is 0 Å². The largest absolute Gasteiger partial charge is 0.496 e. The molecule has 1 rings (SSSR count). The van der Waals surface area contributed by atoms with Gasteiger partial charge in [0.25, 0.3) is 0 Å². The Morgan fingerprint density at radius 1 is 1.17 bits per heavy atom. The van der Waals surface area contributed by atoms with Crippen molar-refractivity contribution in [1.29, 1.82) is 0 Å². The number of aliphatic imine (C=N–C) groups is 1. The number of ether oxygens (including phenoxy) is 3. The van der Waals surface area contributed by atoms with Gasteiger partial charge < -0.3 is 24.8 Å². The van der Waals surface area contributed by atoms with Gasteiger partial charge in [-0.2, -0.15) is 0 Å². The van der Waals surface area contributed by atoms with Crippen LogP contribution in [0, 0.1) is 0 Å². The van der Waals surface area contributed by atoms with Gasteiger partial charge in [0.05, 0.1) is 20.3 Å². The van der Waals surface area contributed by atoms with E-state index in [9.17, 15) is 0 Å². The third-order valence-corrected chi connectivity index (χ3v) is 3.34. The molecule has 0 unspecified atom stereocenters. The predicted molar refractivity (Wildman–Crippen MR) is 93.5 cm³/mol. The van der Waals surface area contributed by atoms with E-state index in [1.54, 1.807) is 27.3 Å². The summed E-state index contributed by atoms with van der Waals surface area (Å²) in [6.45, 7) is 3.33. The normalized spacial score (nSPS) is 11.4. The van der Waals surface area contributed by atoms with Crippen LogP contribution in [0.3, 0.4) is 0 Å². The standard InChI is InChI=1S/C16H26ClN3O3/c1-18-16(19-7-4-8-23-10-9-21-2)20-12-13-5-6-14(17)11-15(13)22-3/h5-6,11H,4,7-10,12H2,1-3H3,(H2,18,19,20). The molecule has 0 radical (unpaired) electrons. The fourth-order valence-corrected chi connectivity index (χ4v) is 2.05. The van der Waals surface area contributed by atoms with Gasteiger partial charge in [0, 0.05) is 44.4 Å². The van der Waals surface area contributed by atoms with Crippen LogP contribution in [0.15, 0.2) is 23.2 Å². The van der Waals surface area contributed by atoms with Gasteiger partial charge >= 0.3 is 0 Å². The molecule has 130 valence electrons. The average molecular weight is 344 g/mol. The monoisotopic (exact) mass is 343 g/mol. The second kappa shape index (κ2) is 12.0. The van der Waals surface area contributed by atoms with Crippen LogP contribution in [-0.4, -0.2) is 53.6 Å². The highest BCUT2D eigenvalue weighted by Gasteiger charge is 2.05. The summed E-state index contributed by atoms with van der Waals surface area (Å²) in [5, 5.41) is 7.14. The maximum Gasteiger partial charge on any atom is 0.191 e. The Labute approximate surface area is 143 Å². The summed E-state index contributed by atoms with van der Waals surface area (Å²) >= 11 is 5.96. The number of benzene rings is 1. The Kier molecular flexibility index (Phi) is 10.2. The summed E-state index contributed by atoms with van der Waals surface area (Å²) in [6.07, 6.45) is 0.898. The van der Waals surface area contributed by atoms with Crippen LogP contribution >= 0.6 is 11.6 Å². The first-order chi connectivity index (χ1) is 11.2. The van der Waals surface area contributed by atoms with Crippen molar-refractivity contribution in [2.75, 3.05) is 47.6 Å². The third-order valence-electron chi connectivity index (χ3n) is 3.11. The van der Waals surface area contributed by atoms with Crippen molar-refractivity contribution in [1.82, 2.24) is 10.6 Å². The Morgan fingerprint density at radius 2 is 2.00 bits per heavy atom. The lowest BCUT2D eigenvalue weighted by molar-refractivity contribution is 0.0698. The lowest BCUT2D eigenvalue weighted by Gasteiger charge is -2.14. The Morgan fingerprint density at radius 3 is 2.70 bits per heavy atom. The van der Waals surface area contributed by atoms with Crippen molar-refractivity contribution in [2.45, 2.75) is 13.0 Å². The van der Waals surface area contributed by atoms with Gasteiger partial charge in [-0.1, -0.05) is 17.7 Å². The van der Waals surface area contributed by atoms with Gasteiger partial charge in [0.2, 0.25) is 0 Å². The van der Waals surface area contributed by atoms with E-state index in [2.05, 4.69) is 15.6 Å². The molecule has 0 aromatic heterocycles. The maximum absolute atomic E-state index is 5.96. The predicted octanol–water partition coefficient (Wildman–Crippen LogP) is 2.07. The first-order valence-corrected chi connectivity index (χ1v) is 7.92. The molecule has 0 spiro atoms. The van der Waals surface area contributed by atoms with E-state index in [1.807, 2.05) is 12.1 Å².